The average Bonchev–Trinajstić information content (AvgIpc) is 2.25. The number of thioether (sulfide) groups is 1. The molecule has 0 bridgehead atoms. The van der Waals surface area contributed by atoms with E-state index in [1.54, 1.807) is 6.33 Å². The minimum atomic E-state index is 0. The van der Waals surface area contributed by atoms with E-state index in [9.17, 15) is 0 Å². The van der Waals surface area contributed by atoms with Crippen LogP contribution in [0.5, 0.6) is 0 Å². The van der Waals surface area contributed by atoms with E-state index in [4.69, 9.17) is 0 Å². The van der Waals surface area contributed by atoms with Gasteiger partial charge in [0.1, 0.15) is 6.33 Å². The molecule has 0 aromatic carbocycles. The third-order valence-corrected chi connectivity index (χ3v) is 2.57. The third-order valence-electron chi connectivity index (χ3n) is 1.60. The van der Waals surface area contributed by atoms with E-state index in [1.807, 2.05) is 30.2 Å². The molecule has 84 valence electrons. The molecule has 1 aromatic heterocycles. The van der Waals surface area contributed by atoms with Crippen LogP contribution in [-0.4, -0.2) is 28.0 Å². The first kappa shape index (κ1) is 14.4. The van der Waals surface area contributed by atoms with E-state index in [1.165, 1.54) is 0 Å². The predicted molar refractivity (Wildman–Crippen MR) is 68.5 cm³/mol. The molecular formula is C10H16ClN3S. The number of aromatic nitrogens is 2. The van der Waals surface area contributed by atoms with Crippen LogP contribution in [0.1, 0.15) is 5.56 Å². The molecule has 0 atom stereocenters. The van der Waals surface area contributed by atoms with Gasteiger partial charge in [0.15, 0.2) is 0 Å². The smallest absolute Gasteiger partial charge is 0.115 e. The van der Waals surface area contributed by atoms with E-state index < -0.39 is 0 Å². The molecule has 0 unspecified atom stereocenters. The first-order chi connectivity index (χ1) is 6.93. The molecule has 1 N–H and O–H groups in total. The summed E-state index contributed by atoms with van der Waals surface area (Å²) in [6.45, 7) is 5.52. The minimum absolute atomic E-state index is 0. The van der Waals surface area contributed by atoms with Crippen molar-refractivity contribution in [2.24, 2.45) is 0 Å². The molecule has 0 aliphatic heterocycles. The van der Waals surface area contributed by atoms with E-state index in [2.05, 4.69) is 21.9 Å². The Kier molecular flexibility index (Phi) is 9.57. The minimum Gasteiger partial charge on any atom is -0.312 e. The zero-order valence-corrected chi connectivity index (χ0v) is 10.2. The summed E-state index contributed by atoms with van der Waals surface area (Å²) < 4.78 is 0. The fourth-order valence-corrected chi connectivity index (χ4v) is 1.59. The number of halogens is 1. The SMILES string of the molecule is C=CCSCCNCc1cncnc1.Cl. The van der Waals surface area contributed by atoms with E-state index in [0.29, 0.717) is 0 Å². The van der Waals surface area contributed by atoms with Crippen molar-refractivity contribution in [3.05, 3.63) is 36.9 Å². The maximum Gasteiger partial charge on any atom is 0.115 e. The highest BCUT2D eigenvalue weighted by Gasteiger charge is 1.91. The number of hydrogen-bond donors (Lipinski definition) is 1. The molecule has 0 saturated heterocycles. The molecule has 0 aliphatic rings. The van der Waals surface area contributed by atoms with Crippen molar-refractivity contribution in [1.82, 2.24) is 15.3 Å². The monoisotopic (exact) mass is 245 g/mol. The Hall–Kier alpha value is -0.580. The van der Waals surface area contributed by atoms with E-state index in [0.717, 1.165) is 30.2 Å². The summed E-state index contributed by atoms with van der Waals surface area (Å²) in [5.74, 6) is 2.13. The summed E-state index contributed by atoms with van der Waals surface area (Å²) in [4.78, 5) is 7.89. The molecular weight excluding hydrogens is 230 g/mol. The van der Waals surface area contributed by atoms with E-state index >= 15 is 0 Å². The van der Waals surface area contributed by atoms with Gasteiger partial charge in [0.2, 0.25) is 0 Å². The van der Waals surface area contributed by atoms with Gasteiger partial charge in [0.05, 0.1) is 0 Å². The Morgan fingerprint density at radius 3 is 2.80 bits per heavy atom. The van der Waals surface area contributed by atoms with Gasteiger partial charge in [-0.2, -0.15) is 11.8 Å². The fourth-order valence-electron chi connectivity index (χ4n) is 0.965. The third kappa shape index (κ3) is 7.36. The number of nitrogens with one attached hydrogen (secondary N) is 1. The molecule has 15 heavy (non-hydrogen) atoms. The van der Waals surface area contributed by atoms with Crippen molar-refractivity contribution < 1.29 is 0 Å². The van der Waals surface area contributed by atoms with E-state index in [-0.39, 0.29) is 12.4 Å². The highest BCUT2D eigenvalue weighted by molar-refractivity contribution is 7.99. The molecule has 0 radical (unpaired) electrons. The molecule has 1 aromatic rings. The molecule has 0 aliphatic carbocycles. The van der Waals surface area contributed by atoms with Gasteiger partial charge in [-0.3, -0.25) is 0 Å². The highest BCUT2D eigenvalue weighted by atomic mass is 35.5. The maximum atomic E-state index is 3.94. The second-order valence-corrected chi connectivity index (χ2v) is 3.94. The van der Waals surface area contributed by atoms with Crippen molar-refractivity contribution in [2.75, 3.05) is 18.1 Å². The molecule has 0 fully saturated rings. The maximum absolute atomic E-state index is 3.94. The Bertz CT molecular complexity index is 256. The van der Waals surface area contributed by atoms with Gasteiger partial charge in [-0.1, -0.05) is 6.08 Å². The Labute approximate surface area is 101 Å². The summed E-state index contributed by atoms with van der Waals surface area (Å²) in [5, 5.41) is 3.33. The van der Waals surface area contributed by atoms with Crippen molar-refractivity contribution >= 4 is 24.2 Å². The number of nitrogens with zero attached hydrogens (tertiary/aromatic N) is 2. The number of hydrogen-bond acceptors (Lipinski definition) is 4. The quantitative estimate of drug-likeness (QED) is 0.588. The van der Waals surface area contributed by atoms with Crippen molar-refractivity contribution in [2.45, 2.75) is 6.54 Å². The van der Waals surface area contributed by atoms with Gasteiger partial charge in [0, 0.05) is 42.6 Å². The summed E-state index contributed by atoms with van der Waals surface area (Å²) in [7, 11) is 0. The van der Waals surface area contributed by atoms with Crippen molar-refractivity contribution in [3.8, 4) is 0 Å². The normalized spacial score (nSPS) is 9.33. The lowest BCUT2D eigenvalue weighted by atomic mass is 10.3. The van der Waals surface area contributed by atoms with Crippen LogP contribution in [0.3, 0.4) is 0 Å². The lowest BCUT2D eigenvalue weighted by Crippen LogP contribution is -2.16. The van der Waals surface area contributed by atoms with Crippen LogP contribution >= 0.6 is 24.2 Å². The molecule has 0 spiro atoms. The van der Waals surface area contributed by atoms with Crippen LogP contribution in [0.25, 0.3) is 0 Å². The van der Waals surface area contributed by atoms with Gasteiger partial charge < -0.3 is 5.32 Å². The molecule has 5 heteroatoms. The molecule has 1 heterocycles. The summed E-state index contributed by atoms with van der Waals surface area (Å²) in [6.07, 6.45) is 7.13. The zero-order valence-electron chi connectivity index (χ0n) is 8.56. The largest absolute Gasteiger partial charge is 0.312 e. The lowest BCUT2D eigenvalue weighted by Gasteiger charge is -2.02. The van der Waals surface area contributed by atoms with Gasteiger partial charge in [-0.15, -0.1) is 19.0 Å². The Morgan fingerprint density at radius 1 is 1.40 bits per heavy atom. The topological polar surface area (TPSA) is 37.8 Å². The second kappa shape index (κ2) is 9.96. The van der Waals surface area contributed by atoms with Crippen LogP contribution in [0, 0.1) is 0 Å². The van der Waals surface area contributed by atoms with Crippen LogP contribution < -0.4 is 5.32 Å². The standard InChI is InChI=1S/C10H15N3S.ClH/c1-2-4-14-5-3-11-6-10-7-12-9-13-8-10;/h2,7-9,11H,1,3-6H2;1H. The van der Waals surface area contributed by atoms with Gasteiger partial charge in [-0.05, 0) is 0 Å². The van der Waals surface area contributed by atoms with Crippen molar-refractivity contribution in [1.29, 1.82) is 0 Å². The number of rotatable bonds is 7. The van der Waals surface area contributed by atoms with Crippen LogP contribution in [-0.2, 0) is 6.54 Å². The molecule has 0 amide bonds. The van der Waals surface area contributed by atoms with Gasteiger partial charge >= 0.3 is 0 Å². The lowest BCUT2D eigenvalue weighted by molar-refractivity contribution is 0.726. The summed E-state index contributed by atoms with van der Waals surface area (Å²) in [5.41, 5.74) is 1.13. The summed E-state index contributed by atoms with van der Waals surface area (Å²) >= 11 is 1.88. The fraction of sp³-hybridized carbons (Fsp3) is 0.400. The van der Waals surface area contributed by atoms with Crippen molar-refractivity contribution in [3.63, 3.8) is 0 Å². The summed E-state index contributed by atoms with van der Waals surface area (Å²) in [6, 6.07) is 0. The molecule has 0 saturated carbocycles. The van der Waals surface area contributed by atoms with Crippen LogP contribution in [0.2, 0.25) is 0 Å². The first-order valence-corrected chi connectivity index (χ1v) is 5.72. The van der Waals surface area contributed by atoms with Gasteiger partial charge in [-0.25, -0.2) is 9.97 Å². The molecule has 1 rings (SSSR count). The average molecular weight is 246 g/mol. The predicted octanol–water partition coefficient (Wildman–Crippen LogP) is 1.91. The molecule has 3 nitrogen and oxygen atoms in total. The second-order valence-electron chi connectivity index (χ2n) is 2.79. The Balaban J connectivity index is 0.00000196. The highest BCUT2D eigenvalue weighted by Crippen LogP contribution is 1.97. The van der Waals surface area contributed by atoms with Crippen LogP contribution in [0.15, 0.2) is 31.4 Å². The van der Waals surface area contributed by atoms with Gasteiger partial charge in [0.25, 0.3) is 0 Å². The first-order valence-electron chi connectivity index (χ1n) is 4.56. The van der Waals surface area contributed by atoms with Crippen LogP contribution in [0.4, 0.5) is 0 Å². The Morgan fingerprint density at radius 2 is 2.13 bits per heavy atom. The zero-order chi connectivity index (χ0) is 10.1.